The van der Waals surface area contributed by atoms with Crippen LogP contribution >= 0.6 is 0 Å². The number of rotatable bonds is 4. The highest BCUT2D eigenvalue weighted by Gasteiger charge is 2.18. The molecule has 6 heteroatoms. The zero-order valence-electron chi connectivity index (χ0n) is 13.2. The van der Waals surface area contributed by atoms with Gasteiger partial charge in [-0.3, -0.25) is 4.79 Å². The fraction of sp³-hybridized carbons (Fsp3) is 0.167. The molecule has 3 aromatic rings. The first-order valence-corrected chi connectivity index (χ1v) is 7.21. The van der Waals surface area contributed by atoms with E-state index in [0.29, 0.717) is 17.1 Å². The average molecular weight is 328 g/mol. The zero-order valence-corrected chi connectivity index (χ0v) is 13.2. The molecule has 0 bridgehead atoms. The quantitative estimate of drug-likeness (QED) is 0.765. The first kappa shape index (κ1) is 15.9. The van der Waals surface area contributed by atoms with E-state index in [4.69, 9.17) is 13.9 Å². The molecule has 0 saturated carbocycles. The van der Waals surface area contributed by atoms with Gasteiger partial charge in [-0.2, -0.15) is 0 Å². The molecule has 124 valence electrons. The standard InChI is InChI=1S/C18H16O6/c1-22-11-5-3-10(4-6-11)15-8-14(21)17-16(24-15)7-13(20)12(9-19)18(17)23-2/h3-8,19-20H,9H2,1-2H3. The van der Waals surface area contributed by atoms with Crippen LogP contribution in [-0.2, 0) is 6.61 Å². The minimum absolute atomic E-state index is 0.113. The lowest BCUT2D eigenvalue weighted by atomic mass is 10.1. The minimum atomic E-state index is -0.454. The molecule has 0 fully saturated rings. The van der Waals surface area contributed by atoms with Crippen molar-refractivity contribution in [3.05, 3.63) is 52.2 Å². The fourth-order valence-electron chi connectivity index (χ4n) is 2.59. The summed E-state index contributed by atoms with van der Waals surface area (Å²) in [6, 6.07) is 9.70. The largest absolute Gasteiger partial charge is 0.507 e. The average Bonchev–Trinajstić information content (AvgIpc) is 2.60. The number of aromatic hydroxyl groups is 1. The SMILES string of the molecule is COc1ccc(-c2cc(=O)c3c(OC)c(CO)c(O)cc3o2)cc1. The van der Waals surface area contributed by atoms with Crippen LogP contribution < -0.4 is 14.9 Å². The smallest absolute Gasteiger partial charge is 0.197 e. The van der Waals surface area contributed by atoms with E-state index in [0.717, 1.165) is 0 Å². The molecule has 2 aromatic carbocycles. The summed E-state index contributed by atoms with van der Waals surface area (Å²) in [5, 5.41) is 19.6. The van der Waals surface area contributed by atoms with Gasteiger partial charge in [0, 0.05) is 17.7 Å². The molecular formula is C18H16O6. The van der Waals surface area contributed by atoms with E-state index in [2.05, 4.69) is 0 Å². The van der Waals surface area contributed by atoms with E-state index >= 15 is 0 Å². The Hall–Kier alpha value is -2.99. The molecule has 6 nitrogen and oxygen atoms in total. The van der Waals surface area contributed by atoms with Crippen molar-refractivity contribution in [1.29, 1.82) is 0 Å². The van der Waals surface area contributed by atoms with Crippen molar-refractivity contribution in [2.75, 3.05) is 14.2 Å². The van der Waals surface area contributed by atoms with Gasteiger partial charge in [-0.1, -0.05) is 0 Å². The Kier molecular flexibility index (Phi) is 4.14. The second-order valence-electron chi connectivity index (χ2n) is 5.14. The molecule has 3 rings (SSSR count). The Labute approximate surface area is 137 Å². The van der Waals surface area contributed by atoms with Crippen LogP contribution in [0.15, 0.2) is 45.6 Å². The van der Waals surface area contributed by atoms with Crippen molar-refractivity contribution in [2.45, 2.75) is 6.61 Å². The molecule has 1 aromatic heterocycles. The van der Waals surface area contributed by atoms with E-state index in [9.17, 15) is 15.0 Å². The molecule has 0 aliphatic heterocycles. The van der Waals surface area contributed by atoms with Gasteiger partial charge in [0.15, 0.2) is 5.43 Å². The number of ether oxygens (including phenoxy) is 2. The highest BCUT2D eigenvalue weighted by Crippen LogP contribution is 2.36. The normalized spacial score (nSPS) is 10.8. The molecule has 0 unspecified atom stereocenters. The molecule has 0 aliphatic rings. The Morgan fingerprint density at radius 3 is 2.38 bits per heavy atom. The second-order valence-corrected chi connectivity index (χ2v) is 5.14. The Bertz CT molecular complexity index is 940. The number of hydrogen-bond donors (Lipinski definition) is 2. The molecule has 0 spiro atoms. The number of methoxy groups -OCH3 is 2. The summed E-state index contributed by atoms with van der Waals surface area (Å²) in [6.07, 6.45) is 0. The molecule has 2 N–H and O–H groups in total. The monoisotopic (exact) mass is 328 g/mol. The summed E-state index contributed by atoms with van der Waals surface area (Å²) in [4.78, 5) is 12.5. The minimum Gasteiger partial charge on any atom is -0.507 e. The molecule has 0 saturated heterocycles. The lowest BCUT2D eigenvalue weighted by molar-refractivity contribution is 0.267. The fourth-order valence-corrected chi connectivity index (χ4v) is 2.59. The number of hydrogen-bond acceptors (Lipinski definition) is 6. The Morgan fingerprint density at radius 1 is 1.08 bits per heavy atom. The molecule has 0 amide bonds. The Morgan fingerprint density at radius 2 is 1.79 bits per heavy atom. The van der Waals surface area contributed by atoms with Gasteiger partial charge in [0.1, 0.15) is 34.0 Å². The van der Waals surface area contributed by atoms with Gasteiger partial charge in [0.25, 0.3) is 0 Å². The van der Waals surface area contributed by atoms with Crippen LogP contribution in [0.3, 0.4) is 0 Å². The maximum absolute atomic E-state index is 12.5. The number of benzene rings is 2. The van der Waals surface area contributed by atoms with E-state index in [1.807, 2.05) is 0 Å². The molecular weight excluding hydrogens is 312 g/mol. The van der Waals surface area contributed by atoms with Crippen LogP contribution in [-0.4, -0.2) is 24.4 Å². The summed E-state index contributed by atoms with van der Waals surface area (Å²) >= 11 is 0. The van der Waals surface area contributed by atoms with Crippen LogP contribution in [0.4, 0.5) is 0 Å². The summed E-state index contributed by atoms with van der Waals surface area (Å²) in [5.74, 6) is 0.960. The lowest BCUT2D eigenvalue weighted by Gasteiger charge is -2.12. The summed E-state index contributed by atoms with van der Waals surface area (Å²) in [6.45, 7) is -0.454. The van der Waals surface area contributed by atoms with Gasteiger partial charge < -0.3 is 24.1 Å². The van der Waals surface area contributed by atoms with Crippen molar-refractivity contribution in [1.82, 2.24) is 0 Å². The van der Waals surface area contributed by atoms with E-state index in [-0.39, 0.29) is 33.5 Å². The number of aliphatic hydroxyl groups excluding tert-OH is 1. The highest BCUT2D eigenvalue weighted by molar-refractivity contribution is 5.88. The topological polar surface area (TPSA) is 89.1 Å². The number of fused-ring (bicyclic) bond motifs is 1. The summed E-state index contributed by atoms with van der Waals surface area (Å²) < 4.78 is 16.1. The van der Waals surface area contributed by atoms with Gasteiger partial charge >= 0.3 is 0 Å². The van der Waals surface area contributed by atoms with Crippen LogP contribution in [0.25, 0.3) is 22.3 Å². The number of aliphatic hydroxyl groups is 1. The predicted octanol–water partition coefficient (Wildman–Crippen LogP) is 2.68. The van der Waals surface area contributed by atoms with Crippen LogP contribution in [0.1, 0.15) is 5.56 Å². The summed E-state index contributed by atoms with van der Waals surface area (Å²) in [5.41, 5.74) is 0.697. The third-order valence-electron chi connectivity index (χ3n) is 3.79. The summed E-state index contributed by atoms with van der Waals surface area (Å²) in [7, 11) is 2.93. The van der Waals surface area contributed by atoms with E-state index in [1.165, 1.54) is 19.2 Å². The third-order valence-corrected chi connectivity index (χ3v) is 3.79. The lowest BCUT2D eigenvalue weighted by Crippen LogP contribution is -2.05. The van der Waals surface area contributed by atoms with Crippen molar-refractivity contribution in [2.24, 2.45) is 0 Å². The van der Waals surface area contributed by atoms with Crippen molar-refractivity contribution in [3.63, 3.8) is 0 Å². The number of phenols is 1. The first-order valence-electron chi connectivity index (χ1n) is 7.21. The van der Waals surface area contributed by atoms with Crippen LogP contribution in [0.2, 0.25) is 0 Å². The third kappa shape index (κ3) is 2.57. The Balaban J connectivity index is 2.25. The van der Waals surface area contributed by atoms with Crippen molar-refractivity contribution in [3.8, 4) is 28.6 Å². The second kappa shape index (κ2) is 6.25. The van der Waals surface area contributed by atoms with E-state index < -0.39 is 6.61 Å². The maximum Gasteiger partial charge on any atom is 0.197 e. The first-order chi connectivity index (χ1) is 11.6. The van der Waals surface area contributed by atoms with Crippen molar-refractivity contribution < 1.29 is 24.1 Å². The van der Waals surface area contributed by atoms with Crippen LogP contribution in [0, 0.1) is 0 Å². The predicted molar refractivity (Wildman–Crippen MR) is 88.6 cm³/mol. The molecule has 0 aliphatic carbocycles. The van der Waals surface area contributed by atoms with Gasteiger partial charge in [-0.05, 0) is 24.3 Å². The highest BCUT2D eigenvalue weighted by atomic mass is 16.5. The van der Waals surface area contributed by atoms with Gasteiger partial charge in [0.2, 0.25) is 0 Å². The molecule has 24 heavy (non-hydrogen) atoms. The molecule has 1 heterocycles. The maximum atomic E-state index is 12.5. The van der Waals surface area contributed by atoms with E-state index in [1.54, 1.807) is 31.4 Å². The zero-order chi connectivity index (χ0) is 17.3. The van der Waals surface area contributed by atoms with Gasteiger partial charge in [-0.25, -0.2) is 0 Å². The molecule has 0 radical (unpaired) electrons. The van der Waals surface area contributed by atoms with Crippen molar-refractivity contribution >= 4 is 11.0 Å². The molecule has 0 atom stereocenters. The van der Waals surface area contributed by atoms with Gasteiger partial charge in [-0.15, -0.1) is 0 Å². The van der Waals surface area contributed by atoms with Crippen LogP contribution in [0.5, 0.6) is 17.2 Å². The van der Waals surface area contributed by atoms with Gasteiger partial charge in [0.05, 0.1) is 26.4 Å².